The number of hydrogen-bond acceptors (Lipinski definition) is 5. The van der Waals surface area contributed by atoms with E-state index in [9.17, 15) is 4.79 Å². The number of rotatable bonds is 3. The van der Waals surface area contributed by atoms with E-state index in [0.717, 1.165) is 31.0 Å². The summed E-state index contributed by atoms with van der Waals surface area (Å²) in [5, 5.41) is 0. The summed E-state index contributed by atoms with van der Waals surface area (Å²) in [7, 11) is 3.85. The van der Waals surface area contributed by atoms with E-state index in [0.29, 0.717) is 18.5 Å². The molecule has 0 spiro atoms. The predicted octanol–water partition coefficient (Wildman–Crippen LogP) is 1.30. The van der Waals surface area contributed by atoms with Crippen LogP contribution in [0.2, 0.25) is 0 Å². The standard InChI is InChI=1S/C15H25N5O/c1-11(2)19(5)15-16-12(3)9-13(17-15)20-8-6-7-18(4)14(21)10-20/h9,11H,6-8,10H2,1-5H3. The number of aryl methyl sites for hydroxylation is 1. The lowest BCUT2D eigenvalue weighted by molar-refractivity contribution is -0.127. The van der Waals surface area contributed by atoms with Gasteiger partial charge in [-0.1, -0.05) is 0 Å². The topological polar surface area (TPSA) is 52.6 Å². The van der Waals surface area contributed by atoms with Crippen LogP contribution in [-0.4, -0.2) is 60.5 Å². The van der Waals surface area contributed by atoms with E-state index in [4.69, 9.17) is 0 Å². The zero-order valence-electron chi connectivity index (χ0n) is 13.6. The first-order chi connectivity index (χ1) is 9.88. The summed E-state index contributed by atoms with van der Waals surface area (Å²) in [4.78, 5) is 27.1. The van der Waals surface area contributed by atoms with Crippen molar-refractivity contribution in [2.75, 3.05) is 43.5 Å². The highest BCUT2D eigenvalue weighted by Gasteiger charge is 2.21. The van der Waals surface area contributed by atoms with E-state index in [1.54, 1.807) is 4.90 Å². The number of carbonyl (C=O) groups is 1. The van der Waals surface area contributed by atoms with Crippen LogP contribution < -0.4 is 9.80 Å². The van der Waals surface area contributed by atoms with Gasteiger partial charge in [0.1, 0.15) is 5.82 Å². The molecule has 1 aromatic rings. The Morgan fingerprint density at radius 1 is 1.29 bits per heavy atom. The molecule has 2 heterocycles. The zero-order valence-corrected chi connectivity index (χ0v) is 13.6. The van der Waals surface area contributed by atoms with Crippen molar-refractivity contribution in [2.24, 2.45) is 0 Å². The average molecular weight is 291 g/mol. The summed E-state index contributed by atoms with van der Waals surface area (Å²) in [5.41, 5.74) is 0.924. The summed E-state index contributed by atoms with van der Waals surface area (Å²) in [6.07, 6.45) is 0.959. The number of nitrogens with zero attached hydrogens (tertiary/aromatic N) is 5. The molecular formula is C15H25N5O. The maximum absolute atomic E-state index is 12.0. The lowest BCUT2D eigenvalue weighted by atomic mass is 10.3. The minimum Gasteiger partial charge on any atom is -0.347 e. The van der Waals surface area contributed by atoms with E-state index in [1.807, 2.05) is 32.0 Å². The molecule has 0 bridgehead atoms. The molecule has 0 atom stereocenters. The quantitative estimate of drug-likeness (QED) is 0.840. The first kappa shape index (κ1) is 15.5. The minimum absolute atomic E-state index is 0.141. The molecule has 116 valence electrons. The first-order valence-corrected chi connectivity index (χ1v) is 7.46. The van der Waals surface area contributed by atoms with Gasteiger partial charge in [-0.2, -0.15) is 4.98 Å². The second-order valence-corrected chi connectivity index (χ2v) is 5.96. The molecule has 2 rings (SSSR count). The van der Waals surface area contributed by atoms with Crippen LogP contribution in [0.15, 0.2) is 6.07 Å². The van der Waals surface area contributed by atoms with Gasteiger partial charge in [0.05, 0.1) is 6.54 Å². The predicted molar refractivity (Wildman–Crippen MR) is 84.8 cm³/mol. The van der Waals surface area contributed by atoms with E-state index < -0.39 is 0 Å². The number of aromatic nitrogens is 2. The van der Waals surface area contributed by atoms with Crippen molar-refractivity contribution in [3.8, 4) is 0 Å². The van der Waals surface area contributed by atoms with Crippen LogP contribution >= 0.6 is 0 Å². The molecule has 1 amide bonds. The smallest absolute Gasteiger partial charge is 0.241 e. The Morgan fingerprint density at radius 3 is 2.67 bits per heavy atom. The third-order valence-corrected chi connectivity index (χ3v) is 3.92. The van der Waals surface area contributed by atoms with Gasteiger partial charge in [0, 0.05) is 45.0 Å². The van der Waals surface area contributed by atoms with Gasteiger partial charge in [-0.15, -0.1) is 0 Å². The van der Waals surface area contributed by atoms with Crippen molar-refractivity contribution < 1.29 is 4.79 Å². The van der Waals surface area contributed by atoms with E-state index in [-0.39, 0.29) is 5.91 Å². The molecule has 1 aromatic heterocycles. The molecule has 0 N–H and O–H groups in total. The Bertz CT molecular complexity index is 517. The SMILES string of the molecule is Cc1cc(N2CCCN(C)C(=O)C2)nc(N(C)C(C)C)n1. The van der Waals surface area contributed by atoms with Gasteiger partial charge in [-0.3, -0.25) is 4.79 Å². The molecule has 1 saturated heterocycles. The number of hydrogen-bond donors (Lipinski definition) is 0. The molecule has 21 heavy (non-hydrogen) atoms. The molecule has 6 nitrogen and oxygen atoms in total. The lowest BCUT2D eigenvalue weighted by Gasteiger charge is -2.25. The van der Waals surface area contributed by atoms with E-state index in [1.165, 1.54) is 0 Å². The molecule has 1 aliphatic rings. The first-order valence-electron chi connectivity index (χ1n) is 7.46. The largest absolute Gasteiger partial charge is 0.347 e. The zero-order chi connectivity index (χ0) is 15.6. The fourth-order valence-corrected chi connectivity index (χ4v) is 2.27. The lowest BCUT2D eigenvalue weighted by Crippen LogP contribution is -2.35. The summed E-state index contributed by atoms with van der Waals surface area (Å²) in [6.45, 7) is 8.22. The summed E-state index contributed by atoms with van der Waals surface area (Å²) < 4.78 is 0. The van der Waals surface area contributed by atoms with E-state index >= 15 is 0 Å². The van der Waals surface area contributed by atoms with Gasteiger partial charge in [0.2, 0.25) is 11.9 Å². The molecule has 0 radical (unpaired) electrons. The van der Waals surface area contributed by atoms with E-state index in [2.05, 4.69) is 28.7 Å². The van der Waals surface area contributed by atoms with Gasteiger partial charge < -0.3 is 14.7 Å². The van der Waals surface area contributed by atoms with Crippen LogP contribution in [0, 0.1) is 6.92 Å². The summed E-state index contributed by atoms with van der Waals surface area (Å²) in [5.74, 6) is 1.70. The highest BCUT2D eigenvalue weighted by atomic mass is 16.2. The molecule has 1 aliphatic heterocycles. The number of carbonyl (C=O) groups excluding carboxylic acids is 1. The molecular weight excluding hydrogens is 266 g/mol. The highest BCUT2D eigenvalue weighted by molar-refractivity contribution is 5.81. The fraction of sp³-hybridized carbons (Fsp3) is 0.667. The van der Waals surface area contributed by atoms with Crippen molar-refractivity contribution in [1.29, 1.82) is 0 Å². The van der Waals surface area contributed by atoms with Crippen LogP contribution in [0.1, 0.15) is 26.0 Å². The maximum Gasteiger partial charge on any atom is 0.241 e. The molecule has 6 heteroatoms. The van der Waals surface area contributed by atoms with Gasteiger partial charge in [0.15, 0.2) is 0 Å². The van der Waals surface area contributed by atoms with Crippen molar-refractivity contribution in [3.05, 3.63) is 11.8 Å². The van der Waals surface area contributed by atoms with Crippen LogP contribution in [0.5, 0.6) is 0 Å². The Balaban J connectivity index is 2.28. The second-order valence-electron chi connectivity index (χ2n) is 5.96. The summed E-state index contributed by atoms with van der Waals surface area (Å²) >= 11 is 0. The van der Waals surface area contributed by atoms with Crippen molar-refractivity contribution in [2.45, 2.75) is 33.2 Å². The summed E-state index contributed by atoms with van der Waals surface area (Å²) in [6, 6.07) is 2.28. The Morgan fingerprint density at radius 2 is 2.00 bits per heavy atom. The Labute approximate surface area is 126 Å². The number of amides is 1. The molecule has 0 aliphatic carbocycles. The molecule has 0 aromatic carbocycles. The van der Waals surface area contributed by atoms with Crippen LogP contribution in [0.25, 0.3) is 0 Å². The van der Waals surface area contributed by atoms with Crippen LogP contribution in [-0.2, 0) is 4.79 Å². The van der Waals surface area contributed by atoms with Crippen molar-refractivity contribution in [1.82, 2.24) is 14.9 Å². The van der Waals surface area contributed by atoms with Gasteiger partial charge in [0.25, 0.3) is 0 Å². The third kappa shape index (κ3) is 3.62. The number of anilines is 2. The molecule has 0 saturated carbocycles. The monoisotopic (exact) mass is 291 g/mol. The highest BCUT2D eigenvalue weighted by Crippen LogP contribution is 2.19. The van der Waals surface area contributed by atoms with Crippen molar-refractivity contribution in [3.63, 3.8) is 0 Å². The normalized spacial score (nSPS) is 16.4. The van der Waals surface area contributed by atoms with Gasteiger partial charge in [-0.05, 0) is 27.2 Å². The molecule has 0 unspecified atom stereocenters. The minimum atomic E-state index is 0.141. The fourth-order valence-electron chi connectivity index (χ4n) is 2.27. The second kappa shape index (κ2) is 6.28. The average Bonchev–Trinajstić information content (AvgIpc) is 2.59. The van der Waals surface area contributed by atoms with Crippen molar-refractivity contribution >= 4 is 17.7 Å². The maximum atomic E-state index is 12.0. The Hall–Kier alpha value is -1.85. The number of likely N-dealkylation sites (N-methyl/N-ethyl adjacent to an activating group) is 1. The van der Waals surface area contributed by atoms with Crippen LogP contribution in [0.4, 0.5) is 11.8 Å². The van der Waals surface area contributed by atoms with Crippen LogP contribution in [0.3, 0.4) is 0 Å². The molecule has 1 fully saturated rings. The van der Waals surface area contributed by atoms with Gasteiger partial charge in [-0.25, -0.2) is 4.98 Å². The Kier molecular flexibility index (Phi) is 4.65. The third-order valence-electron chi connectivity index (χ3n) is 3.92. The van der Waals surface area contributed by atoms with Gasteiger partial charge >= 0.3 is 0 Å².